The Morgan fingerprint density at radius 1 is 0.893 bits per heavy atom. The minimum atomic E-state index is -4.06. The van der Waals surface area contributed by atoms with Crippen LogP contribution in [0, 0.1) is 23.5 Å². The molecule has 3 aliphatic heterocycles. The lowest BCUT2D eigenvalue weighted by Gasteiger charge is -2.54. The number of carbonyl (C=O) groups is 2. The number of alkyl carbamates (subject to hydrolysis) is 1. The number of rotatable bonds is 12. The van der Waals surface area contributed by atoms with E-state index in [-0.39, 0.29) is 64.7 Å². The van der Waals surface area contributed by atoms with Gasteiger partial charge in [-0.25, -0.2) is 26.4 Å². The van der Waals surface area contributed by atoms with E-state index >= 15 is 8.78 Å². The fourth-order valence-corrected chi connectivity index (χ4v) is 11.0. The number of anilines is 1. The molecule has 1 aliphatic carbocycles. The van der Waals surface area contributed by atoms with Gasteiger partial charge in [0.1, 0.15) is 11.6 Å². The number of ether oxygens (including phenoxy) is 1. The Morgan fingerprint density at radius 2 is 1.59 bits per heavy atom. The Bertz CT molecular complexity index is 2020. The summed E-state index contributed by atoms with van der Waals surface area (Å²) in [5.74, 6) is -1.06. The lowest BCUT2D eigenvalue weighted by Crippen LogP contribution is -2.65. The van der Waals surface area contributed by atoms with E-state index in [1.54, 1.807) is 31.1 Å². The molecule has 2 amide bonds. The van der Waals surface area contributed by atoms with Crippen LogP contribution in [0.4, 0.5) is 23.7 Å². The average molecular weight is 796 g/mol. The van der Waals surface area contributed by atoms with Crippen LogP contribution in [-0.2, 0) is 20.0 Å². The highest BCUT2D eigenvalue weighted by atomic mass is 32.2. The largest absolute Gasteiger partial charge is 0.453 e. The van der Waals surface area contributed by atoms with Crippen molar-refractivity contribution in [1.29, 1.82) is 0 Å². The van der Waals surface area contributed by atoms with Crippen LogP contribution < -0.4 is 10.2 Å². The highest BCUT2D eigenvalue weighted by molar-refractivity contribution is 7.91. The maximum absolute atomic E-state index is 16.3. The number of benzene rings is 3. The van der Waals surface area contributed by atoms with Gasteiger partial charge < -0.3 is 24.8 Å². The summed E-state index contributed by atoms with van der Waals surface area (Å²) in [6.45, 7) is 4.16. The van der Waals surface area contributed by atoms with E-state index in [4.69, 9.17) is 4.74 Å². The number of nitrogens with one attached hydrogen (secondary N) is 1. The fraction of sp³-hybridized carbons (Fsp3) is 0.524. The first-order valence-electron chi connectivity index (χ1n) is 19.6. The van der Waals surface area contributed by atoms with Crippen molar-refractivity contribution in [2.75, 3.05) is 78.5 Å². The number of methoxy groups -OCH3 is 1. The van der Waals surface area contributed by atoms with Crippen LogP contribution in [-0.4, -0.2) is 120 Å². The number of hydrogen-bond donors (Lipinski definition) is 1. The number of sulfone groups is 1. The molecule has 10 nitrogen and oxygen atoms in total. The summed E-state index contributed by atoms with van der Waals surface area (Å²) >= 11 is 0. The maximum Gasteiger partial charge on any atom is 0.407 e. The van der Waals surface area contributed by atoms with Gasteiger partial charge in [0.25, 0.3) is 5.91 Å². The van der Waals surface area contributed by atoms with Crippen LogP contribution in [0.1, 0.15) is 54.4 Å². The van der Waals surface area contributed by atoms with Crippen LogP contribution in [0.5, 0.6) is 0 Å². The van der Waals surface area contributed by atoms with Gasteiger partial charge in [-0.1, -0.05) is 18.6 Å². The lowest BCUT2D eigenvalue weighted by atomic mass is 9.57. The normalized spacial score (nSPS) is 22.8. The number of likely N-dealkylation sites (tertiary alicyclic amines) is 2. The SMILES string of the molecule is COC(=O)N[C@H]1CCC[C@@H]1[C@](CN1CCC1)(c1cccc(F)c1)C1CCN(CC2(F)CN(c3ccc(S(=O)(=O)c4ccc(C(=O)N(C)C)cc4)cc3F)C2)CC1. The summed E-state index contributed by atoms with van der Waals surface area (Å²) in [5, 5.41) is 3.11. The summed E-state index contributed by atoms with van der Waals surface area (Å²) in [7, 11) is 0.506. The molecular formula is C42H52F3N5O5S. The van der Waals surface area contributed by atoms with E-state index < -0.39 is 32.8 Å². The van der Waals surface area contributed by atoms with Gasteiger partial charge in [0.05, 0.1) is 35.7 Å². The molecule has 0 aromatic heterocycles. The van der Waals surface area contributed by atoms with Crippen molar-refractivity contribution >= 4 is 27.5 Å². The Morgan fingerprint density at radius 3 is 2.20 bits per heavy atom. The minimum absolute atomic E-state index is 0.0253. The second-order valence-electron chi connectivity index (χ2n) is 16.4. The van der Waals surface area contributed by atoms with Crippen molar-refractivity contribution in [2.24, 2.45) is 11.8 Å². The Hall–Kier alpha value is -4.14. The molecule has 0 bridgehead atoms. The third-order valence-electron chi connectivity index (χ3n) is 12.6. The smallest absolute Gasteiger partial charge is 0.407 e. The van der Waals surface area contributed by atoms with Crippen molar-refractivity contribution in [3.63, 3.8) is 0 Å². The van der Waals surface area contributed by atoms with Crippen LogP contribution in [0.2, 0.25) is 0 Å². The van der Waals surface area contributed by atoms with Crippen LogP contribution in [0.15, 0.2) is 76.5 Å². The predicted molar refractivity (Wildman–Crippen MR) is 207 cm³/mol. The fourth-order valence-electron chi connectivity index (χ4n) is 9.73. The van der Waals surface area contributed by atoms with Gasteiger partial charge in [-0.2, -0.15) is 0 Å². The number of carbonyl (C=O) groups excluding carboxylic acids is 2. The molecule has 0 unspecified atom stereocenters. The van der Waals surface area contributed by atoms with Crippen LogP contribution >= 0.6 is 0 Å². The first-order valence-corrected chi connectivity index (χ1v) is 21.1. The zero-order chi connectivity index (χ0) is 39.8. The molecule has 3 aromatic rings. The Balaban J connectivity index is 1.02. The molecule has 4 aliphatic rings. The van der Waals surface area contributed by atoms with E-state index in [0.717, 1.165) is 69.8 Å². The molecule has 3 saturated heterocycles. The molecule has 4 fully saturated rings. The van der Waals surface area contributed by atoms with Crippen LogP contribution in [0.3, 0.4) is 0 Å². The summed E-state index contributed by atoms with van der Waals surface area (Å²) in [6, 6.07) is 16.0. The predicted octanol–water partition coefficient (Wildman–Crippen LogP) is 5.91. The van der Waals surface area contributed by atoms with Gasteiger partial charge in [-0.15, -0.1) is 0 Å². The summed E-state index contributed by atoms with van der Waals surface area (Å²) < 4.78 is 78.4. The van der Waals surface area contributed by atoms with Gasteiger partial charge in [-0.3, -0.25) is 9.69 Å². The second-order valence-corrected chi connectivity index (χ2v) is 18.3. The van der Waals surface area contributed by atoms with Gasteiger partial charge in [0.15, 0.2) is 5.67 Å². The van der Waals surface area contributed by atoms with Crippen molar-refractivity contribution < 1.29 is 35.9 Å². The molecule has 56 heavy (non-hydrogen) atoms. The molecule has 0 radical (unpaired) electrons. The number of amides is 2. The molecule has 302 valence electrons. The molecule has 3 aromatic carbocycles. The average Bonchev–Trinajstić information content (AvgIpc) is 3.61. The van der Waals surface area contributed by atoms with E-state index in [9.17, 15) is 22.4 Å². The van der Waals surface area contributed by atoms with Gasteiger partial charge in [0.2, 0.25) is 9.84 Å². The van der Waals surface area contributed by atoms with Gasteiger partial charge in [-0.05, 0) is 130 Å². The molecule has 1 saturated carbocycles. The number of halogens is 3. The zero-order valence-electron chi connectivity index (χ0n) is 32.4. The highest BCUT2D eigenvalue weighted by Crippen LogP contribution is 2.52. The first-order chi connectivity index (χ1) is 26.7. The number of hydrogen-bond acceptors (Lipinski definition) is 8. The summed E-state index contributed by atoms with van der Waals surface area (Å²) in [6.07, 6.45) is 4.89. The maximum atomic E-state index is 16.3. The van der Waals surface area contributed by atoms with Crippen molar-refractivity contribution in [2.45, 2.75) is 65.4 Å². The molecule has 3 heterocycles. The highest BCUT2D eigenvalue weighted by Gasteiger charge is 2.54. The molecule has 3 atom stereocenters. The van der Waals surface area contributed by atoms with E-state index in [1.165, 1.54) is 54.5 Å². The van der Waals surface area contributed by atoms with E-state index in [2.05, 4.69) is 15.1 Å². The third kappa shape index (κ3) is 7.89. The monoisotopic (exact) mass is 795 g/mol. The second kappa shape index (κ2) is 16.0. The minimum Gasteiger partial charge on any atom is -0.453 e. The Kier molecular flexibility index (Phi) is 11.5. The molecule has 14 heteroatoms. The topological polar surface area (TPSA) is 102 Å². The summed E-state index contributed by atoms with van der Waals surface area (Å²) in [4.78, 5) is 32.0. The lowest BCUT2D eigenvalue weighted by molar-refractivity contribution is 0.00575. The molecule has 7 rings (SSSR count). The van der Waals surface area contributed by atoms with Gasteiger partial charge in [0, 0.05) is 44.2 Å². The Labute approximate surface area is 327 Å². The number of alkyl halides is 1. The van der Waals surface area contributed by atoms with Crippen molar-refractivity contribution in [3.05, 3.63) is 89.5 Å². The molecule has 1 N–H and O–H groups in total. The van der Waals surface area contributed by atoms with Crippen LogP contribution in [0.25, 0.3) is 0 Å². The third-order valence-corrected chi connectivity index (χ3v) is 14.4. The van der Waals surface area contributed by atoms with E-state index in [0.29, 0.717) is 18.7 Å². The first kappa shape index (κ1) is 40.1. The van der Waals surface area contributed by atoms with Crippen molar-refractivity contribution in [1.82, 2.24) is 20.0 Å². The standard InChI is InChI=1S/C42H52F3N5O5S/c1-47(2)39(51)29-11-13-33(14-12-29)56(53,54)34-15-16-38(36(44)24-34)50-26-41(45,27-50)25-49-21-17-30(18-22-49)42(28-48-19-6-20-48,31-7-4-8-32(43)23-31)35-9-5-10-37(35)46-40(52)55-3/h4,7-8,11-16,23-24,30,35,37H,5-6,9-10,17-22,25-28H2,1-3H3,(H,46,52)/t35-,37-,42-/m0/s1. The zero-order valence-corrected chi connectivity index (χ0v) is 33.2. The number of piperidine rings is 1. The van der Waals surface area contributed by atoms with Crippen molar-refractivity contribution in [3.8, 4) is 0 Å². The molecule has 0 spiro atoms. The van der Waals surface area contributed by atoms with Gasteiger partial charge >= 0.3 is 6.09 Å². The van der Waals surface area contributed by atoms with E-state index in [1.807, 2.05) is 6.07 Å². The number of nitrogens with zero attached hydrogens (tertiary/aromatic N) is 4. The molecular weight excluding hydrogens is 744 g/mol. The quantitative estimate of drug-likeness (QED) is 0.242. The summed E-state index contributed by atoms with van der Waals surface area (Å²) in [5.41, 5.74) is -0.575.